The van der Waals surface area contributed by atoms with E-state index in [1.165, 1.54) is 9.91 Å². The summed E-state index contributed by atoms with van der Waals surface area (Å²) in [7, 11) is 1.64. The Morgan fingerprint density at radius 2 is 2.04 bits per heavy atom. The minimum Gasteiger partial charge on any atom is -0.336 e. The molecule has 0 N–H and O–H groups in total. The van der Waals surface area contributed by atoms with Gasteiger partial charge in [-0.1, -0.05) is 49.7 Å². The molecular weight excluding hydrogens is 382 g/mol. The lowest BCUT2D eigenvalue weighted by atomic mass is 10.0. The molecule has 142 valence electrons. The molecule has 1 aromatic carbocycles. The molecule has 27 heavy (non-hydrogen) atoms. The van der Waals surface area contributed by atoms with Gasteiger partial charge in [0.2, 0.25) is 5.91 Å². The fraction of sp³-hybridized carbons (Fsp3) is 0.350. The molecule has 0 saturated carbocycles. The van der Waals surface area contributed by atoms with Gasteiger partial charge in [-0.15, -0.1) is 11.3 Å². The maximum atomic E-state index is 13.0. The fourth-order valence-corrected chi connectivity index (χ4v) is 4.10. The number of hydrogen-bond donors (Lipinski definition) is 0. The van der Waals surface area contributed by atoms with Crippen LogP contribution in [0.3, 0.4) is 0 Å². The summed E-state index contributed by atoms with van der Waals surface area (Å²) in [6.07, 6.45) is 0.595. The highest BCUT2D eigenvalue weighted by molar-refractivity contribution is 7.12. The van der Waals surface area contributed by atoms with Crippen LogP contribution in [0.2, 0.25) is 5.02 Å². The molecule has 0 aliphatic carbocycles. The molecule has 0 radical (unpaired) electrons. The summed E-state index contributed by atoms with van der Waals surface area (Å²) in [4.78, 5) is 27.6. The molecule has 1 unspecified atom stereocenters. The zero-order chi connectivity index (χ0) is 19.6. The quantitative estimate of drug-likeness (QED) is 0.751. The van der Waals surface area contributed by atoms with Gasteiger partial charge in [0.05, 0.1) is 16.6 Å². The van der Waals surface area contributed by atoms with Crippen molar-refractivity contribution in [1.82, 2.24) is 9.91 Å². The molecule has 2 aromatic rings. The molecule has 1 aliphatic rings. The highest BCUT2D eigenvalue weighted by atomic mass is 35.5. The first-order chi connectivity index (χ1) is 12.9. The van der Waals surface area contributed by atoms with Gasteiger partial charge in [0.1, 0.15) is 6.54 Å². The van der Waals surface area contributed by atoms with Gasteiger partial charge in [0, 0.05) is 24.4 Å². The number of benzene rings is 1. The van der Waals surface area contributed by atoms with E-state index in [1.54, 1.807) is 18.4 Å². The second kappa shape index (κ2) is 8.23. The number of hydrogen-bond acceptors (Lipinski definition) is 4. The molecule has 5 nitrogen and oxygen atoms in total. The van der Waals surface area contributed by atoms with Gasteiger partial charge < -0.3 is 4.90 Å². The molecule has 3 rings (SSSR count). The van der Waals surface area contributed by atoms with Crippen LogP contribution in [0.1, 0.15) is 36.8 Å². The third kappa shape index (κ3) is 4.22. The van der Waals surface area contributed by atoms with Gasteiger partial charge in [-0.3, -0.25) is 9.59 Å². The van der Waals surface area contributed by atoms with E-state index in [0.717, 1.165) is 16.2 Å². The van der Waals surface area contributed by atoms with Gasteiger partial charge in [-0.2, -0.15) is 5.10 Å². The van der Waals surface area contributed by atoms with Crippen LogP contribution in [0.25, 0.3) is 0 Å². The zero-order valence-electron chi connectivity index (χ0n) is 15.6. The Labute approximate surface area is 168 Å². The summed E-state index contributed by atoms with van der Waals surface area (Å²) in [6, 6.07) is 11.2. The number of rotatable bonds is 5. The largest absolute Gasteiger partial charge is 0.336 e. The zero-order valence-corrected chi connectivity index (χ0v) is 17.1. The Bertz CT molecular complexity index is 864. The number of nitrogens with zero attached hydrogens (tertiary/aromatic N) is 3. The smallest absolute Gasteiger partial charge is 0.262 e. The monoisotopic (exact) mass is 403 g/mol. The van der Waals surface area contributed by atoms with Crippen molar-refractivity contribution in [2.45, 2.75) is 26.3 Å². The molecule has 0 fully saturated rings. The molecule has 1 aromatic heterocycles. The number of likely N-dealkylation sites (N-methyl/N-ethyl adjacent to an activating group) is 1. The van der Waals surface area contributed by atoms with Crippen molar-refractivity contribution in [3.05, 3.63) is 57.2 Å². The van der Waals surface area contributed by atoms with Crippen LogP contribution in [-0.2, 0) is 9.59 Å². The van der Waals surface area contributed by atoms with Crippen molar-refractivity contribution in [1.29, 1.82) is 0 Å². The Kier molecular flexibility index (Phi) is 5.97. The Hall–Kier alpha value is -2.18. The van der Waals surface area contributed by atoms with E-state index in [1.807, 2.05) is 55.6 Å². The lowest BCUT2D eigenvalue weighted by molar-refractivity contribution is -0.142. The third-order valence-electron chi connectivity index (χ3n) is 4.48. The van der Waals surface area contributed by atoms with Crippen molar-refractivity contribution < 1.29 is 9.59 Å². The first-order valence-corrected chi connectivity index (χ1v) is 10.1. The Morgan fingerprint density at radius 3 is 2.67 bits per heavy atom. The van der Waals surface area contributed by atoms with Gasteiger partial charge in [-0.05, 0) is 23.1 Å². The number of amides is 2. The van der Waals surface area contributed by atoms with Crippen molar-refractivity contribution in [3.63, 3.8) is 0 Å². The minimum atomic E-state index is -0.272. The number of thiophene rings is 1. The van der Waals surface area contributed by atoms with Crippen LogP contribution in [0, 0.1) is 5.92 Å². The predicted molar refractivity (Wildman–Crippen MR) is 109 cm³/mol. The van der Waals surface area contributed by atoms with Crippen LogP contribution >= 0.6 is 22.9 Å². The van der Waals surface area contributed by atoms with E-state index in [0.29, 0.717) is 11.4 Å². The Morgan fingerprint density at radius 1 is 1.30 bits per heavy atom. The highest BCUT2D eigenvalue weighted by Gasteiger charge is 2.35. The minimum absolute atomic E-state index is 0.0147. The normalized spacial score (nSPS) is 16.6. The second-order valence-corrected chi connectivity index (χ2v) is 8.21. The van der Waals surface area contributed by atoms with Crippen molar-refractivity contribution >= 4 is 40.5 Å². The molecule has 2 heterocycles. The highest BCUT2D eigenvalue weighted by Crippen LogP contribution is 2.36. The van der Waals surface area contributed by atoms with Gasteiger partial charge >= 0.3 is 0 Å². The van der Waals surface area contributed by atoms with E-state index < -0.39 is 0 Å². The molecule has 1 aliphatic heterocycles. The van der Waals surface area contributed by atoms with Crippen LogP contribution in [-0.4, -0.2) is 41.0 Å². The van der Waals surface area contributed by atoms with Crippen LogP contribution in [0.4, 0.5) is 0 Å². The average molecular weight is 404 g/mol. The van der Waals surface area contributed by atoms with E-state index in [9.17, 15) is 9.59 Å². The summed E-state index contributed by atoms with van der Waals surface area (Å²) >= 11 is 7.99. The molecule has 0 bridgehead atoms. The van der Waals surface area contributed by atoms with Crippen LogP contribution in [0.5, 0.6) is 0 Å². The predicted octanol–water partition coefficient (Wildman–Crippen LogP) is 4.19. The fourth-order valence-electron chi connectivity index (χ4n) is 3.11. The molecule has 1 atom stereocenters. The number of hydrazone groups is 1. The maximum Gasteiger partial charge on any atom is 0.262 e. The van der Waals surface area contributed by atoms with E-state index in [4.69, 9.17) is 11.6 Å². The standard InChI is InChI=1S/C20H22ClN3O2S/c1-13(2)20(26)23(3)12-19(25)24-17(14-7-4-5-8-15(14)21)11-16(22-24)18-9-6-10-27-18/h4-10,13,17H,11-12H2,1-3H3. The molecule has 2 amide bonds. The summed E-state index contributed by atoms with van der Waals surface area (Å²) < 4.78 is 0. The van der Waals surface area contributed by atoms with Gasteiger partial charge in [-0.25, -0.2) is 5.01 Å². The number of carbonyl (C=O) groups is 2. The maximum absolute atomic E-state index is 13.0. The molecule has 0 spiro atoms. The van der Waals surface area contributed by atoms with Gasteiger partial charge in [0.25, 0.3) is 5.91 Å². The Balaban J connectivity index is 1.88. The SMILES string of the molecule is CC(C)C(=O)N(C)CC(=O)N1N=C(c2cccs2)CC1c1ccccc1Cl. The topological polar surface area (TPSA) is 53.0 Å². The second-order valence-electron chi connectivity index (χ2n) is 6.85. The number of carbonyl (C=O) groups excluding carboxylic acids is 2. The summed E-state index contributed by atoms with van der Waals surface area (Å²) in [5.74, 6) is -0.451. The molecule has 0 saturated heterocycles. The lowest BCUT2D eigenvalue weighted by Gasteiger charge is -2.26. The average Bonchev–Trinajstić information content (AvgIpc) is 3.30. The van der Waals surface area contributed by atoms with Crippen LogP contribution in [0.15, 0.2) is 46.9 Å². The molecule has 7 heteroatoms. The number of halogens is 1. The first-order valence-electron chi connectivity index (χ1n) is 8.81. The van der Waals surface area contributed by atoms with E-state index in [-0.39, 0.29) is 30.3 Å². The van der Waals surface area contributed by atoms with Crippen molar-refractivity contribution in [3.8, 4) is 0 Å². The van der Waals surface area contributed by atoms with Crippen molar-refractivity contribution in [2.75, 3.05) is 13.6 Å². The third-order valence-corrected chi connectivity index (χ3v) is 5.74. The summed E-state index contributed by atoms with van der Waals surface area (Å²) in [6.45, 7) is 3.62. The van der Waals surface area contributed by atoms with Crippen LogP contribution < -0.4 is 0 Å². The first kappa shape index (κ1) is 19.6. The van der Waals surface area contributed by atoms with Gasteiger partial charge in [0.15, 0.2) is 0 Å². The molecular formula is C20H22ClN3O2S. The van der Waals surface area contributed by atoms with E-state index >= 15 is 0 Å². The lowest BCUT2D eigenvalue weighted by Crippen LogP contribution is -2.40. The van der Waals surface area contributed by atoms with E-state index in [2.05, 4.69) is 5.10 Å². The van der Waals surface area contributed by atoms with Crippen molar-refractivity contribution in [2.24, 2.45) is 11.0 Å². The summed E-state index contributed by atoms with van der Waals surface area (Å²) in [5, 5.41) is 8.68. The summed E-state index contributed by atoms with van der Waals surface area (Å²) in [5.41, 5.74) is 1.72.